The fourth-order valence-electron chi connectivity index (χ4n) is 1.12. The number of benzene rings is 1. The van der Waals surface area contributed by atoms with Crippen molar-refractivity contribution < 1.29 is 9.21 Å². The van der Waals surface area contributed by atoms with Gasteiger partial charge in [0.1, 0.15) is 11.2 Å². The first-order chi connectivity index (χ1) is 6.85. The Morgan fingerprint density at radius 3 is 3.07 bits per heavy atom. The molecule has 66 valence electrons. The fraction of sp³-hybridized carbons (Fsp3) is 0. The fourth-order valence-corrected chi connectivity index (χ4v) is 1.12. The van der Waals surface area contributed by atoms with Crippen molar-refractivity contribution in [1.29, 1.82) is 5.26 Å². The number of hydrogen-bond donors (Lipinski definition) is 0. The number of nitriles is 1. The van der Waals surface area contributed by atoms with Crippen LogP contribution in [0.15, 0.2) is 27.6 Å². The highest BCUT2D eigenvalue weighted by Gasteiger charge is 2.08. The number of nitrogens with zero attached hydrogens (tertiary/aromatic N) is 3. The predicted molar refractivity (Wildman–Crippen MR) is 46.5 cm³/mol. The molecule has 2 rings (SSSR count). The third-order valence-electron chi connectivity index (χ3n) is 1.66. The number of isocyanates is 1. The average molecular weight is 185 g/mol. The molecule has 1 aromatic carbocycles. The summed E-state index contributed by atoms with van der Waals surface area (Å²) >= 11 is 0. The molecule has 0 aliphatic carbocycles. The zero-order valence-corrected chi connectivity index (χ0v) is 6.89. The summed E-state index contributed by atoms with van der Waals surface area (Å²) in [7, 11) is 0. The second kappa shape index (κ2) is 3.13. The molecule has 0 bridgehead atoms. The Morgan fingerprint density at radius 1 is 1.50 bits per heavy atom. The molecule has 1 aromatic heterocycles. The molecule has 0 amide bonds. The van der Waals surface area contributed by atoms with E-state index in [1.165, 1.54) is 6.08 Å². The van der Waals surface area contributed by atoms with Gasteiger partial charge in [-0.25, -0.2) is 4.79 Å². The highest BCUT2D eigenvalue weighted by molar-refractivity contribution is 5.85. The predicted octanol–water partition coefficient (Wildman–Crippen LogP) is 1.67. The van der Waals surface area contributed by atoms with Crippen molar-refractivity contribution in [2.24, 2.45) is 4.99 Å². The van der Waals surface area contributed by atoms with E-state index >= 15 is 0 Å². The molecule has 2 aromatic rings. The van der Waals surface area contributed by atoms with Gasteiger partial charge in [0.2, 0.25) is 6.08 Å². The van der Waals surface area contributed by atoms with Gasteiger partial charge in [-0.15, -0.1) is 0 Å². The molecule has 0 radical (unpaired) electrons. The van der Waals surface area contributed by atoms with E-state index in [0.29, 0.717) is 16.8 Å². The molecule has 5 nitrogen and oxygen atoms in total. The van der Waals surface area contributed by atoms with Crippen molar-refractivity contribution in [2.75, 3.05) is 0 Å². The van der Waals surface area contributed by atoms with Crippen molar-refractivity contribution in [3.8, 4) is 6.07 Å². The Morgan fingerprint density at radius 2 is 2.36 bits per heavy atom. The van der Waals surface area contributed by atoms with Crippen molar-refractivity contribution in [3.63, 3.8) is 0 Å². The summed E-state index contributed by atoms with van der Waals surface area (Å²) in [5.41, 5.74) is 1.15. The first-order valence-corrected chi connectivity index (χ1v) is 3.72. The van der Waals surface area contributed by atoms with Gasteiger partial charge in [0.25, 0.3) is 0 Å². The van der Waals surface area contributed by atoms with E-state index in [4.69, 9.17) is 9.68 Å². The van der Waals surface area contributed by atoms with E-state index in [2.05, 4.69) is 9.98 Å². The molecule has 14 heavy (non-hydrogen) atoms. The normalized spacial score (nSPS) is 9.36. The second-order valence-electron chi connectivity index (χ2n) is 2.46. The Labute approximate surface area is 78.3 Å². The molecule has 0 saturated heterocycles. The highest BCUT2D eigenvalue weighted by Crippen LogP contribution is 2.25. The van der Waals surface area contributed by atoms with Gasteiger partial charge in [-0.1, -0.05) is 6.07 Å². The number of rotatable bonds is 1. The lowest BCUT2D eigenvalue weighted by Crippen LogP contribution is -1.69. The Kier molecular flexibility index (Phi) is 1.83. The molecule has 0 aliphatic heterocycles. The number of fused-ring (bicyclic) bond motifs is 1. The summed E-state index contributed by atoms with van der Waals surface area (Å²) in [6.45, 7) is 0. The number of aliphatic imine (C=N–C) groups is 1. The van der Waals surface area contributed by atoms with Crippen LogP contribution >= 0.6 is 0 Å². The third-order valence-corrected chi connectivity index (χ3v) is 1.66. The van der Waals surface area contributed by atoms with Gasteiger partial charge in [-0.3, -0.25) is 0 Å². The minimum absolute atomic E-state index is 0.0476. The van der Waals surface area contributed by atoms with Crippen LogP contribution in [0.4, 0.5) is 5.69 Å². The summed E-state index contributed by atoms with van der Waals surface area (Å²) in [6, 6.07) is 6.69. The van der Waals surface area contributed by atoms with Crippen LogP contribution in [0.3, 0.4) is 0 Å². The average Bonchev–Trinajstić information content (AvgIpc) is 2.62. The molecule has 0 aliphatic rings. The Hall–Kier alpha value is -2.44. The van der Waals surface area contributed by atoms with Crippen LogP contribution in [0.2, 0.25) is 0 Å². The van der Waals surface area contributed by atoms with Gasteiger partial charge >= 0.3 is 5.89 Å². The molecule has 0 unspecified atom stereocenters. The molecule has 0 N–H and O–H groups in total. The summed E-state index contributed by atoms with van der Waals surface area (Å²) in [6.07, 6.45) is 1.41. The quantitative estimate of drug-likeness (QED) is 0.500. The summed E-state index contributed by atoms with van der Waals surface area (Å²) in [5, 5.41) is 8.55. The number of oxazole rings is 1. The van der Waals surface area contributed by atoms with Gasteiger partial charge in [0.05, 0.1) is 0 Å². The molecular formula is C9H3N3O2. The van der Waals surface area contributed by atoms with Crippen LogP contribution in [-0.4, -0.2) is 11.1 Å². The first-order valence-electron chi connectivity index (χ1n) is 3.72. The van der Waals surface area contributed by atoms with Gasteiger partial charge in [-0.2, -0.15) is 15.2 Å². The zero-order chi connectivity index (χ0) is 9.97. The number of para-hydroxylation sites is 1. The Bertz CT molecular complexity index is 573. The third kappa shape index (κ3) is 1.16. The van der Waals surface area contributed by atoms with Crippen LogP contribution in [-0.2, 0) is 4.79 Å². The van der Waals surface area contributed by atoms with E-state index < -0.39 is 0 Å². The molecule has 0 fully saturated rings. The van der Waals surface area contributed by atoms with Crippen molar-refractivity contribution in [2.45, 2.75) is 0 Å². The lowest BCUT2D eigenvalue weighted by atomic mass is 10.3. The van der Waals surface area contributed by atoms with E-state index in [9.17, 15) is 4.79 Å². The van der Waals surface area contributed by atoms with Crippen LogP contribution in [0, 0.1) is 11.3 Å². The van der Waals surface area contributed by atoms with E-state index in [1.54, 1.807) is 24.3 Å². The standard InChI is InChI=1S/C9H3N3O2/c10-4-8-12-7-3-1-2-6(11-5-13)9(7)14-8/h1-3H. The van der Waals surface area contributed by atoms with Crippen molar-refractivity contribution >= 4 is 22.9 Å². The molecule has 0 spiro atoms. The maximum Gasteiger partial charge on any atom is 0.301 e. The topological polar surface area (TPSA) is 79.2 Å². The SMILES string of the molecule is N#Cc1nc2cccc(N=C=O)c2o1. The summed E-state index contributed by atoms with van der Waals surface area (Å²) in [5.74, 6) is -0.0476. The van der Waals surface area contributed by atoms with Gasteiger partial charge in [-0.05, 0) is 12.1 Å². The highest BCUT2D eigenvalue weighted by atomic mass is 16.3. The number of aromatic nitrogens is 1. The first kappa shape index (κ1) is 8.17. The van der Waals surface area contributed by atoms with E-state index in [-0.39, 0.29) is 5.89 Å². The monoisotopic (exact) mass is 185 g/mol. The van der Waals surface area contributed by atoms with Gasteiger partial charge in [0.15, 0.2) is 11.7 Å². The van der Waals surface area contributed by atoms with Crippen LogP contribution in [0.5, 0.6) is 0 Å². The lowest BCUT2D eigenvalue weighted by Gasteiger charge is -1.88. The van der Waals surface area contributed by atoms with Gasteiger partial charge in [0, 0.05) is 0 Å². The second-order valence-corrected chi connectivity index (χ2v) is 2.46. The molecular weight excluding hydrogens is 182 g/mol. The van der Waals surface area contributed by atoms with E-state index in [0.717, 1.165) is 0 Å². The minimum Gasteiger partial charge on any atom is -0.426 e. The van der Waals surface area contributed by atoms with Crippen LogP contribution in [0.1, 0.15) is 5.89 Å². The number of carbonyl (C=O) groups excluding carboxylic acids is 1. The molecule has 0 atom stereocenters. The maximum atomic E-state index is 10.1. The van der Waals surface area contributed by atoms with Crippen LogP contribution in [0.25, 0.3) is 11.1 Å². The molecule has 1 heterocycles. The zero-order valence-electron chi connectivity index (χ0n) is 6.89. The van der Waals surface area contributed by atoms with Crippen molar-refractivity contribution in [1.82, 2.24) is 4.98 Å². The minimum atomic E-state index is -0.0476. The van der Waals surface area contributed by atoms with Crippen LogP contribution < -0.4 is 0 Å². The molecule has 0 saturated carbocycles. The smallest absolute Gasteiger partial charge is 0.301 e. The summed E-state index contributed by atoms with van der Waals surface area (Å²) < 4.78 is 5.06. The number of hydrogen-bond acceptors (Lipinski definition) is 5. The summed E-state index contributed by atoms with van der Waals surface area (Å²) in [4.78, 5) is 17.4. The van der Waals surface area contributed by atoms with Gasteiger partial charge < -0.3 is 4.42 Å². The van der Waals surface area contributed by atoms with E-state index in [1.807, 2.05) is 0 Å². The lowest BCUT2D eigenvalue weighted by molar-refractivity contribution is 0.564. The van der Waals surface area contributed by atoms with Crippen molar-refractivity contribution in [3.05, 3.63) is 24.1 Å². The largest absolute Gasteiger partial charge is 0.426 e. The Balaban J connectivity index is 2.80. The molecule has 5 heteroatoms. The maximum absolute atomic E-state index is 10.1.